The molecule has 1 aromatic carbocycles. The molecule has 0 atom stereocenters. The third kappa shape index (κ3) is 3.22. The van der Waals surface area contributed by atoms with E-state index in [1.165, 1.54) is 11.0 Å². The number of hydrogen-bond donors (Lipinski definition) is 0. The van der Waals surface area contributed by atoms with Crippen molar-refractivity contribution in [2.24, 2.45) is 0 Å². The van der Waals surface area contributed by atoms with E-state index < -0.39 is 5.82 Å². The van der Waals surface area contributed by atoms with Crippen molar-refractivity contribution >= 4 is 16.8 Å². The molecule has 0 bridgehead atoms. The van der Waals surface area contributed by atoms with Gasteiger partial charge in [-0.1, -0.05) is 18.2 Å². The van der Waals surface area contributed by atoms with Gasteiger partial charge in [0.2, 0.25) is 0 Å². The third-order valence-corrected chi connectivity index (χ3v) is 4.37. The summed E-state index contributed by atoms with van der Waals surface area (Å²) in [5.41, 5.74) is 2.97. The summed E-state index contributed by atoms with van der Waals surface area (Å²) in [6, 6.07) is 8.02. The van der Waals surface area contributed by atoms with Crippen LogP contribution >= 0.6 is 0 Å². The van der Waals surface area contributed by atoms with Crippen LogP contribution in [0.5, 0.6) is 5.75 Å². The molecule has 3 rings (SSSR count). The van der Waals surface area contributed by atoms with Gasteiger partial charge in [-0.15, -0.1) is 0 Å². The van der Waals surface area contributed by atoms with E-state index in [4.69, 9.17) is 4.74 Å². The van der Waals surface area contributed by atoms with Gasteiger partial charge in [0.1, 0.15) is 22.8 Å². The predicted octanol–water partition coefficient (Wildman–Crippen LogP) is 3.67. The number of para-hydroxylation sites is 1. The van der Waals surface area contributed by atoms with E-state index in [0.717, 1.165) is 22.6 Å². The second-order valence-electron chi connectivity index (χ2n) is 6.22. The van der Waals surface area contributed by atoms with Crippen LogP contribution in [0.25, 0.3) is 10.9 Å². The lowest BCUT2D eigenvalue weighted by atomic mass is 10.1. The minimum Gasteiger partial charge on any atom is -0.496 e. The Labute approximate surface area is 151 Å². The van der Waals surface area contributed by atoms with Gasteiger partial charge in [-0.25, -0.2) is 9.37 Å². The zero-order valence-electron chi connectivity index (χ0n) is 15.2. The van der Waals surface area contributed by atoms with E-state index in [1.54, 1.807) is 44.6 Å². The van der Waals surface area contributed by atoms with Gasteiger partial charge in [0.05, 0.1) is 19.3 Å². The van der Waals surface area contributed by atoms with E-state index in [-0.39, 0.29) is 17.1 Å². The number of carbonyl (C=O) groups excluding carboxylic acids is 1. The number of rotatable bonds is 4. The van der Waals surface area contributed by atoms with Gasteiger partial charge in [-0.2, -0.15) is 0 Å². The monoisotopic (exact) mass is 353 g/mol. The number of fused-ring (bicyclic) bond motifs is 1. The van der Waals surface area contributed by atoms with Crippen molar-refractivity contribution in [1.82, 2.24) is 14.9 Å². The van der Waals surface area contributed by atoms with Crippen molar-refractivity contribution in [2.45, 2.75) is 20.4 Å². The second-order valence-corrected chi connectivity index (χ2v) is 6.22. The average molecular weight is 353 g/mol. The summed E-state index contributed by atoms with van der Waals surface area (Å²) in [7, 11) is 3.28. The molecule has 0 saturated heterocycles. The Bertz CT molecular complexity index is 988. The zero-order valence-corrected chi connectivity index (χ0v) is 15.2. The maximum absolute atomic E-state index is 13.9. The topological polar surface area (TPSA) is 55.3 Å². The highest BCUT2D eigenvalue weighted by Crippen LogP contribution is 2.25. The van der Waals surface area contributed by atoms with Crippen molar-refractivity contribution in [3.05, 3.63) is 64.9 Å². The van der Waals surface area contributed by atoms with Crippen LogP contribution in [-0.2, 0) is 6.54 Å². The zero-order chi connectivity index (χ0) is 18.8. The number of methoxy groups -OCH3 is 1. The molecule has 2 heterocycles. The molecule has 6 heteroatoms. The largest absolute Gasteiger partial charge is 0.496 e. The minimum absolute atomic E-state index is 0.193. The van der Waals surface area contributed by atoms with Crippen molar-refractivity contribution in [3.63, 3.8) is 0 Å². The summed E-state index contributed by atoms with van der Waals surface area (Å²) in [5, 5.41) is 0.657. The van der Waals surface area contributed by atoms with Crippen LogP contribution in [0.2, 0.25) is 0 Å². The lowest BCUT2D eigenvalue weighted by molar-refractivity contribution is 0.0777. The van der Waals surface area contributed by atoms with Crippen LogP contribution in [-0.4, -0.2) is 34.9 Å². The molecule has 2 aromatic heterocycles. The lowest BCUT2D eigenvalue weighted by Crippen LogP contribution is -2.28. The maximum Gasteiger partial charge on any atom is 0.272 e. The van der Waals surface area contributed by atoms with Crippen LogP contribution in [0.1, 0.15) is 27.3 Å². The standard InChI is InChI=1S/C20H20FN3O2/c1-12-10-22-17(13(2)19(12)26-4)11-24(3)20(25)16-9-8-14-6-5-7-15(21)18(14)23-16/h5-10H,11H2,1-4H3. The normalized spacial score (nSPS) is 10.8. The molecule has 0 spiro atoms. The Kier molecular flexibility index (Phi) is 4.84. The molecule has 5 nitrogen and oxygen atoms in total. The highest BCUT2D eigenvalue weighted by Gasteiger charge is 2.18. The van der Waals surface area contributed by atoms with Crippen LogP contribution in [0.15, 0.2) is 36.5 Å². The van der Waals surface area contributed by atoms with Gasteiger partial charge >= 0.3 is 0 Å². The molecule has 0 N–H and O–H groups in total. The number of amides is 1. The quantitative estimate of drug-likeness (QED) is 0.718. The van der Waals surface area contributed by atoms with E-state index in [0.29, 0.717) is 11.9 Å². The molecule has 0 aliphatic heterocycles. The summed E-state index contributed by atoms with van der Waals surface area (Å²) < 4.78 is 19.3. The van der Waals surface area contributed by atoms with Gasteiger partial charge in [-0.3, -0.25) is 9.78 Å². The molecule has 134 valence electrons. The Balaban J connectivity index is 1.88. The van der Waals surface area contributed by atoms with E-state index in [9.17, 15) is 9.18 Å². The number of pyridine rings is 2. The molecule has 1 amide bonds. The fraction of sp³-hybridized carbons (Fsp3) is 0.250. The second kappa shape index (κ2) is 7.07. The maximum atomic E-state index is 13.9. The number of benzene rings is 1. The predicted molar refractivity (Wildman–Crippen MR) is 97.8 cm³/mol. The van der Waals surface area contributed by atoms with Gasteiger partial charge in [0, 0.05) is 29.8 Å². The summed E-state index contributed by atoms with van der Waals surface area (Å²) in [6.07, 6.45) is 1.73. The summed E-state index contributed by atoms with van der Waals surface area (Å²) in [5.74, 6) is 0.0261. The molecular formula is C20H20FN3O2. The molecule has 0 aliphatic rings. The van der Waals surface area contributed by atoms with E-state index >= 15 is 0 Å². The number of aromatic nitrogens is 2. The number of ether oxygens (including phenoxy) is 1. The number of halogens is 1. The van der Waals surface area contributed by atoms with Gasteiger partial charge < -0.3 is 9.64 Å². The summed E-state index contributed by atoms with van der Waals surface area (Å²) in [4.78, 5) is 22.8. The van der Waals surface area contributed by atoms with Crippen molar-refractivity contribution in [2.75, 3.05) is 14.2 Å². The lowest BCUT2D eigenvalue weighted by Gasteiger charge is -2.19. The Hall–Kier alpha value is -3.02. The van der Waals surface area contributed by atoms with Gasteiger partial charge in [0.25, 0.3) is 5.91 Å². The first-order chi connectivity index (χ1) is 12.4. The van der Waals surface area contributed by atoms with Gasteiger partial charge in [0.15, 0.2) is 0 Å². The van der Waals surface area contributed by atoms with Crippen LogP contribution in [0, 0.1) is 19.7 Å². The number of nitrogens with zero attached hydrogens (tertiary/aromatic N) is 3. The Morgan fingerprint density at radius 3 is 2.73 bits per heavy atom. The van der Waals surface area contributed by atoms with Crippen LogP contribution in [0.3, 0.4) is 0 Å². The highest BCUT2D eigenvalue weighted by atomic mass is 19.1. The first kappa shape index (κ1) is 17.8. The first-order valence-electron chi connectivity index (χ1n) is 8.22. The SMILES string of the molecule is COc1c(C)cnc(CN(C)C(=O)c2ccc3cccc(F)c3n2)c1C. The van der Waals surface area contributed by atoms with Crippen LogP contribution in [0.4, 0.5) is 4.39 Å². The fourth-order valence-electron chi connectivity index (χ4n) is 2.95. The molecule has 0 saturated carbocycles. The Morgan fingerprint density at radius 2 is 2.00 bits per heavy atom. The van der Waals surface area contributed by atoms with Crippen molar-refractivity contribution in [3.8, 4) is 5.75 Å². The average Bonchev–Trinajstić information content (AvgIpc) is 2.64. The molecule has 3 aromatic rings. The number of aryl methyl sites for hydroxylation is 1. The molecule has 0 unspecified atom stereocenters. The third-order valence-electron chi connectivity index (χ3n) is 4.37. The first-order valence-corrected chi connectivity index (χ1v) is 8.22. The van der Waals surface area contributed by atoms with Crippen molar-refractivity contribution < 1.29 is 13.9 Å². The fourth-order valence-corrected chi connectivity index (χ4v) is 2.95. The molecule has 0 radical (unpaired) electrons. The van der Waals surface area contributed by atoms with E-state index in [1.807, 2.05) is 13.8 Å². The number of hydrogen-bond acceptors (Lipinski definition) is 4. The molecule has 26 heavy (non-hydrogen) atoms. The van der Waals surface area contributed by atoms with Crippen LogP contribution < -0.4 is 4.74 Å². The molecule has 0 fully saturated rings. The molecule has 0 aliphatic carbocycles. The molecular weight excluding hydrogens is 333 g/mol. The summed E-state index contributed by atoms with van der Waals surface area (Å²) in [6.45, 7) is 4.14. The van der Waals surface area contributed by atoms with Crippen molar-refractivity contribution in [1.29, 1.82) is 0 Å². The minimum atomic E-state index is -0.444. The smallest absolute Gasteiger partial charge is 0.272 e. The Morgan fingerprint density at radius 1 is 1.23 bits per heavy atom. The summed E-state index contributed by atoms with van der Waals surface area (Å²) >= 11 is 0. The van der Waals surface area contributed by atoms with E-state index in [2.05, 4.69) is 9.97 Å². The highest BCUT2D eigenvalue weighted by molar-refractivity contribution is 5.94. The number of carbonyl (C=O) groups is 1. The van der Waals surface area contributed by atoms with Gasteiger partial charge in [-0.05, 0) is 26.0 Å².